The molecule has 1 aromatic carbocycles. The van der Waals surface area contributed by atoms with Crippen LogP contribution in [0.1, 0.15) is 37.7 Å². The van der Waals surface area contributed by atoms with Gasteiger partial charge in [0.05, 0.1) is 18.1 Å². The molecule has 0 radical (unpaired) electrons. The predicted molar refractivity (Wildman–Crippen MR) is 115 cm³/mol. The molecule has 1 saturated heterocycles. The molecule has 3 rings (SSSR count). The molecule has 4 nitrogen and oxygen atoms in total. The average molecular weight is 402 g/mol. The number of ketones is 1. The molecule has 0 aromatic heterocycles. The molecule has 1 aromatic rings. The Labute approximate surface area is 170 Å². The first-order valence-corrected chi connectivity index (χ1v) is 14.2. The molecule has 1 unspecified atom stereocenters. The summed E-state index contributed by atoms with van der Waals surface area (Å²) in [4.78, 5) is 28.7. The molecule has 1 aliphatic carbocycles. The van der Waals surface area contributed by atoms with Crippen LogP contribution in [-0.4, -0.2) is 51.0 Å². The predicted octanol–water partition coefficient (Wildman–Crippen LogP) is 4.31. The lowest BCUT2D eigenvalue weighted by atomic mass is 9.68. The summed E-state index contributed by atoms with van der Waals surface area (Å²) >= 11 is 0. The lowest BCUT2D eigenvalue weighted by Crippen LogP contribution is -2.56. The van der Waals surface area contributed by atoms with Crippen LogP contribution in [0.3, 0.4) is 0 Å². The summed E-state index contributed by atoms with van der Waals surface area (Å²) in [7, 11) is -0.0281. The zero-order valence-corrected chi connectivity index (χ0v) is 18.9. The van der Waals surface area contributed by atoms with E-state index in [1.807, 2.05) is 6.07 Å². The van der Waals surface area contributed by atoms with Gasteiger partial charge in [0.1, 0.15) is 5.78 Å². The number of carbonyl (C=O) groups excluding carboxylic acids is 2. The summed E-state index contributed by atoms with van der Waals surface area (Å²) in [5.74, 6) is 0.606. The molecule has 3 atom stereocenters. The topological polar surface area (TPSA) is 46.6 Å². The SMILES string of the molecule is COC[C@@H]1CCCN1C(=O)[C@@]1(Cc2ccccc2)CCC(=O)CC1[Si](C)(C)C. The molecule has 1 heterocycles. The van der Waals surface area contributed by atoms with E-state index in [4.69, 9.17) is 4.74 Å². The standard InChI is InChI=1S/C23H35NO3Si/c1-27-17-19-11-8-14-24(19)22(26)23(16-18-9-6-5-7-10-18)13-12-20(25)15-21(23)28(2,3)4/h5-7,9-10,19,21H,8,11-17H2,1-4H3/t19-,21?,23+/m0/s1. The molecule has 2 fully saturated rings. The largest absolute Gasteiger partial charge is 0.383 e. The number of nitrogens with zero attached hydrogens (tertiary/aromatic N) is 1. The van der Waals surface area contributed by atoms with Gasteiger partial charge >= 0.3 is 0 Å². The summed E-state index contributed by atoms with van der Waals surface area (Å²) in [6, 6.07) is 10.5. The minimum absolute atomic E-state index is 0.171. The second-order valence-corrected chi connectivity index (χ2v) is 15.2. The number of hydrogen-bond acceptors (Lipinski definition) is 3. The van der Waals surface area contributed by atoms with E-state index < -0.39 is 13.5 Å². The van der Waals surface area contributed by atoms with Crippen LogP contribution in [0.2, 0.25) is 25.2 Å². The summed E-state index contributed by atoms with van der Waals surface area (Å²) in [5, 5.41) is 0. The van der Waals surface area contributed by atoms with Crippen LogP contribution in [-0.2, 0) is 20.7 Å². The van der Waals surface area contributed by atoms with E-state index in [0.29, 0.717) is 31.7 Å². The van der Waals surface area contributed by atoms with Crippen molar-refractivity contribution in [3.63, 3.8) is 0 Å². The van der Waals surface area contributed by atoms with Crippen molar-refractivity contribution in [1.82, 2.24) is 4.90 Å². The fraction of sp³-hybridized carbons (Fsp3) is 0.652. The van der Waals surface area contributed by atoms with Crippen LogP contribution in [0.25, 0.3) is 0 Å². The van der Waals surface area contributed by atoms with E-state index in [1.165, 1.54) is 5.56 Å². The summed E-state index contributed by atoms with van der Waals surface area (Å²) in [5.41, 5.74) is 0.921. The van der Waals surface area contributed by atoms with Crippen molar-refractivity contribution >= 4 is 19.8 Å². The Morgan fingerprint density at radius 2 is 1.96 bits per heavy atom. The van der Waals surface area contributed by atoms with Crippen LogP contribution in [0.5, 0.6) is 0 Å². The average Bonchev–Trinajstić information content (AvgIpc) is 3.11. The molecule has 1 saturated carbocycles. The highest BCUT2D eigenvalue weighted by Crippen LogP contribution is 2.53. The molecule has 0 bridgehead atoms. The Morgan fingerprint density at radius 1 is 1.25 bits per heavy atom. The van der Waals surface area contributed by atoms with Crippen molar-refractivity contribution in [2.45, 2.75) is 69.7 Å². The second-order valence-electron chi connectivity index (χ2n) is 9.73. The lowest BCUT2D eigenvalue weighted by Gasteiger charge is -2.50. The Bertz CT molecular complexity index is 700. The van der Waals surface area contributed by atoms with Crippen molar-refractivity contribution in [3.05, 3.63) is 35.9 Å². The molecular formula is C23H35NO3Si. The Morgan fingerprint density at radius 3 is 2.61 bits per heavy atom. The number of likely N-dealkylation sites (tertiary alicyclic amines) is 1. The highest BCUT2D eigenvalue weighted by atomic mass is 28.3. The van der Waals surface area contributed by atoms with Crippen LogP contribution in [0, 0.1) is 5.41 Å². The number of carbonyl (C=O) groups is 2. The van der Waals surface area contributed by atoms with Crippen molar-refractivity contribution in [3.8, 4) is 0 Å². The number of benzene rings is 1. The van der Waals surface area contributed by atoms with E-state index in [0.717, 1.165) is 25.8 Å². The van der Waals surface area contributed by atoms with E-state index in [-0.39, 0.29) is 17.5 Å². The molecule has 28 heavy (non-hydrogen) atoms. The maximum absolute atomic E-state index is 14.2. The van der Waals surface area contributed by atoms with Gasteiger partial charge in [-0.15, -0.1) is 0 Å². The van der Waals surface area contributed by atoms with Gasteiger partial charge in [0.15, 0.2) is 0 Å². The third kappa shape index (κ3) is 4.25. The summed E-state index contributed by atoms with van der Waals surface area (Å²) in [6.07, 6.45) is 4.57. The van der Waals surface area contributed by atoms with Gasteiger partial charge in [-0.3, -0.25) is 9.59 Å². The first-order chi connectivity index (χ1) is 13.3. The zero-order valence-electron chi connectivity index (χ0n) is 17.9. The summed E-state index contributed by atoms with van der Waals surface area (Å²) in [6.45, 7) is 8.37. The number of rotatable bonds is 6. The quantitative estimate of drug-likeness (QED) is 0.667. The molecule has 2 aliphatic rings. The van der Waals surface area contributed by atoms with E-state index in [9.17, 15) is 9.59 Å². The van der Waals surface area contributed by atoms with Crippen molar-refractivity contribution in [1.29, 1.82) is 0 Å². The fourth-order valence-electron chi connectivity index (χ4n) is 5.45. The van der Waals surface area contributed by atoms with E-state index in [1.54, 1.807) is 7.11 Å². The highest BCUT2D eigenvalue weighted by Gasteiger charge is 2.55. The second kappa shape index (κ2) is 8.50. The molecule has 0 spiro atoms. The molecule has 5 heteroatoms. The van der Waals surface area contributed by atoms with Gasteiger partial charge in [0.25, 0.3) is 0 Å². The van der Waals surface area contributed by atoms with Crippen LogP contribution < -0.4 is 0 Å². The molecule has 1 amide bonds. The van der Waals surface area contributed by atoms with Crippen molar-refractivity contribution in [2.24, 2.45) is 5.41 Å². The molecule has 154 valence electrons. The van der Waals surface area contributed by atoms with Gasteiger partial charge in [-0.2, -0.15) is 0 Å². The Balaban J connectivity index is 2.03. The Hall–Kier alpha value is -1.46. The van der Waals surface area contributed by atoms with E-state index >= 15 is 0 Å². The number of Topliss-reactive ketones (excluding diaryl/α,β-unsaturated/α-hetero) is 1. The van der Waals surface area contributed by atoms with Crippen LogP contribution in [0.15, 0.2) is 30.3 Å². The Kier molecular flexibility index (Phi) is 6.45. The number of hydrogen-bond donors (Lipinski definition) is 0. The maximum Gasteiger partial charge on any atom is 0.229 e. The van der Waals surface area contributed by atoms with Gasteiger partial charge in [0.2, 0.25) is 5.91 Å². The highest BCUT2D eigenvalue weighted by molar-refractivity contribution is 6.78. The number of ether oxygens (including phenoxy) is 1. The number of amides is 1. The first kappa shape index (κ1) is 21.3. The van der Waals surface area contributed by atoms with E-state index in [2.05, 4.69) is 48.8 Å². The monoisotopic (exact) mass is 401 g/mol. The third-order valence-electron chi connectivity index (χ3n) is 6.78. The van der Waals surface area contributed by atoms with Gasteiger partial charge in [0, 0.05) is 34.6 Å². The maximum atomic E-state index is 14.2. The van der Waals surface area contributed by atoms with Gasteiger partial charge in [-0.1, -0.05) is 50.0 Å². The molecule has 1 aliphatic heterocycles. The first-order valence-electron chi connectivity index (χ1n) is 10.6. The fourth-order valence-corrected chi connectivity index (χ4v) is 8.32. The van der Waals surface area contributed by atoms with Crippen molar-refractivity contribution in [2.75, 3.05) is 20.3 Å². The van der Waals surface area contributed by atoms with Crippen LogP contribution in [0.4, 0.5) is 0 Å². The van der Waals surface area contributed by atoms with Gasteiger partial charge < -0.3 is 9.64 Å². The van der Waals surface area contributed by atoms with Gasteiger partial charge in [-0.25, -0.2) is 0 Å². The zero-order chi connectivity index (χ0) is 20.4. The lowest BCUT2D eigenvalue weighted by molar-refractivity contribution is -0.147. The summed E-state index contributed by atoms with van der Waals surface area (Å²) < 4.78 is 5.42. The normalized spacial score (nSPS) is 28.6. The van der Waals surface area contributed by atoms with Crippen molar-refractivity contribution < 1.29 is 14.3 Å². The minimum atomic E-state index is -1.74. The molecular weight excluding hydrogens is 366 g/mol. The molecule has 0 N–H and O–H groups in total. The third-order valence-corrected chi connectivity index (χ3v) is 9.63. The number of methoxy groups -OCH3 is 1. The smallest absolute Gasteiger partial charge is 0.229 e. The van der Waals surface area contributed by atoms with Crippen LogP contribution >= 0.6 is 0 Å². The van der Waals surface area contributed by atoms with Gasteiger partial charge in [-0.05, 0) is 36.8 Å². The minimum Gasteiger partial charge on any atom is -0.383 e.